The largest absolute Gasteiger partial charge is 0.339 e. The monoisotopic (exact) mass is 417 g/mol. The molecule has 2 rings (SSSR count). The summed E-state index contributed by atoms with van der Waals surface area (Å²) in [4.78, 5) is 14.7. The lowest BCUT2D eigenvalue weighted by Gasteiger charge is -2.32. The zero-order valence-corrected chi connectivity index (χ0v) is 18.3. The maximum absolute atomic E-state index is 12.7. The molecule has 1 amide bonds. The molecule has 1 heterocycles. The first-order chi connectivity index (χ1) is 12.1. The summed E-state index contributed by atoms with van der Waals surface area (Å²) in [6.45, 7) is 7.92. The Bertz CT molecular complexity index is 707. The third-order valence-corrected chi connectivity index (χ3v) is 6.33. The predicted octanol–water partition coefficient (Wildman–Crippen LogP) is 2.65. The summed E-state index contributed by atoms with van der Waals surface area (Å²) in [6, 6.07) is 6.21. The molecule has 0 atom stereocenters. The van der Waals surface area contributed by atoms with Crippen molar-refractivity contribution < 1.29 is 13.2 Å². The van der Waals surface area contributed by atoms with Gasteiger partial charge in [0.25, 0.3) is 5.91 Å². The number of piperidine rings is 1. The molecule has 0 saturated carbocycles. The van der Waals surface area contributed by atoms with Crippen LogP contribution < -0.4 is 10.0 Å². The summed E-state index contributed by atoms with van der Waals surface area (Å²) in [6.07, 6.45) is 3.19. The van der Waals surface area contributed by atoms with Crippen molar-refractivity contribution in [1.82, 2.24) is 14.9 Å². The zero-order chi connectivity index (χ0) is 19.4. The van der Waals surface area contributed by atoms with Gasteiger partial charge in [0.1, 0.15) is 0 Å². The maximum atomic E-state index is 12.7. The Balaban J connectivity index is 0.00000364. The Morgan fingerprint density at radius 3 is 2.19 bits per heavy atom. The van der Waals surface area contributed by atoms with E-state index < -0.39 is 15.6 Å². The van der Waals surface area contributed by atoms with Crippen molar-refractivity contribution in [3.63, 3.8) is 0 Å². The maximum Gasteiger partial charge on any atom is 0.253 e. The Morgan fingerprint density at radius 1 is 1.15 bits per heavy atom. The van der Waals surface area contributed by atoms with E-state index in [4.69, 9.17) is 0 Å². The van der Waals surface area contributed by atoms with Crippen LogP contribution in [0.15, 0.2) is 29.2 Å². The fourth-order valence-corrected chi connectivity index (χ4v) is 4.61. The number of nitrogens with zero attached hydrogens (tertiary/aromatic N) is 1. The highest BCUT2D eigenvalue weighted by molar-refractivity contribution is 7.89. The zero-order valence-electron chi connectivity index (χ0n) is 16.6. The van der Waals surface area contributed by atoms with Gasteiger partial charge >= 0.3 is 0 Å². The smallest absolute Gasteiger partial charge is 0.253 e. The van der Waals surface area contributed by atoms with E-state index in [9.17, 15) is 13.2 Å². The Labute approximate surface area is 169 Å². The highest BCUT2D eigenvalue weighted by Gasteiger charge is 2.25. The van der Waals surface area contributed by atoms with Gasteiger partial charge < -0.3 is 10.2 Å². The number of benzene rings is 1. The van der Waals surface area contributed by atoms with Gasteiger partial charge in [0.15, 0.2) is 0 Å². The van der Waals surface area contributed by atoms with Crippen LogP contribution in [0.25, 0.3) is 0 Å². The molecule has 1 aromatic carbocycles. The number of amides is 1. The van der Waals surface area contributed by atoms with Gasteiger partial charge in [0, 0.05) is 24.2 Å². The van der Waals surface area contributed by atoms with Crippen molar-refractivity contribution >= 4 is 28.3 Å². The van der Waals surface area contributed by atoms with E-state index in [-0.39, 0.29) is 23.2 Å². The van der Waals surface area contributed by atoms with Crippen molar-refractivity contribution in [3.8, 4) is 0 Å². The minimum Gasteiger partial charge on any atom is -0.339 e. The summed E-state index contributed by atoms with van der Waals surface area (Å²) < 4.78 is 27.3. The molecule has 6 nitrogen and oxygen atoms in total. The molecule has 0 aromatic heterocycles. The van der Waals surface area contributed by atoms with Crippen molar-refractivity contribution in [2.24, 2.45) is 5.92 Å². The molecule has 0 radical (unpaired) electrons. The van der Waals surface area contributed by atoms with Gasteiger partial charge in [-0.3, -0.25) is 4.79 Å². The lowest BCUT2D eigenvalue weighted by molar-refractivity contribution is 0.0687. The fraction of sp³-hybridized carbons (Fsp3) is 0.632. The second-order valence-electron chi connectivity index (χ2n) is 8.01. The second-order valence-corrected chi connectivity index (χ2v) is 9.69. The Kier molecular flexibility index (Phi) is 8.73. The average Bonchev–Trinajstić information content (AvgIpc) is 2.58. The summed E-state index contributed by atoms with van der Waals surface area (Å²) in [7, 11) is -1.62. The van der Waals surface area contributed by atoms with E-state index in [2.05, 4.69) is 10.0 Å². The number of rotatable bonds is 6. The second kappa shape index (κ2) is 9.87. The highest BCUT2D eigenvalue weighted by Crippen LogP contribution is 2.22. The van der Waals surface area contributed by atoms with Gasteiger partial charge in [0.2, 0.25) is 10.0 Å². The molecule has 0 bridgehead atoms. The van der Waals surface area contributed by atoms with Crippen LogP contribution in [0.2, 0.25) is 0 Å². The molecule has 2 N–H and O–H groups in total. The predicted molar refractivity (Wildman–Crippen MR) is 111 cm³/mol. The van der Waals surface area contributed by atoms with E-state index in [0.29, 0.717) is 11.5 Å². The van der Waals surface area contributed by atoms with E-state index in [1.807, 2.05) is 11.9 Å². The van der Waals surface area contributed by atoms with Crippen molar-refractivity contribution in [2.75, 3.05) is 26.7 Å². The first kappa shape index (κ1) is 23.9. The number of carbonyl (C=O) groups is 1. The molecule has 27 heavy (non-hydrogen) atoms. The molecule has 0 aliphatic carbocycles. The van der Waals surface area contributed by atoms with Crippen LogP contribution in [0.4, 0.5) is 0 Å². The van der Waals surface area contributed by atoms with Gasteiger partial charge in [-0.05, 0) is 83.8 Å². The van der Waals surface area contributed by atoms with Crippen LogP contribution in [0.5, 0.6) is 0 Å². The summed E-state index contributed by atoms with van der Waals surface area (Å²) in [5.74, 6) is 0.646. The number of hydrogen-bond donors (Lipinski definition) is 2. The molecule has 1 fully saturated rings. The molecule has 154 valence electrons. The molecule has 1 aromatic rings. The highest BCUT2D eigenvalue weighted by atomic mass is 35.5. The van der Waals surface area contributed by atoms with Crippen LogP contribution in [-0.4, -0.2) is 51.4 Å². The number of hydrogen-bond acceptors (Lipinski definition) is 4. The minimum atomic E-state index is -3.58. The van der Waals surface area contributed by atoms with Crippen LogP contribution in [-0.2, 0) is 10.0 Å². The minimum absolute atomic E-state index is 0. The number of nitrogens with one attached hydrogen (secondary N) is 2. The molecular formula is C19H32ClN3O3S. The lowest BCUT2D eigenvalue weighted by Crippen LogP contribution is -2.40. The molecule has 1 aliphatic rings. The van der Waals surface area contributed by atoms with Crippen molar-refractivity contribution in [3.05, 3.63) is 29.8 Å². The first-order valence-corrected chi connectivity index (χ1v) is 10.7. The number of likely N-dealkylation sites (tertiary alicyclic amines) is 1. The van der Waals surface area contributed by atoms with E-state index >= 15 is 0 Å². The van der Waals surface area contributed by atoms with Gasteiger partial charge in [-0.1, -0.05) is 0 Å². The van der Waals surface area contributed by atoms with Crippen LogP contribution in [0.1, 0.15) is 50.4 Å². The SMILES string of the molecule is CNCCC1CCN(C(=O)c2ccc(S(=O)(=O)NC(C)(C)C)cc2)CC1.Cl. The number of halogens is 1. The molecule has 8 heteroatoms. The van der Waals surface area contributed by atoms with Gasteiger partial charge in [-0.15, -0.1) is 12.4 Å². The Hall–Kier alpha value is -1.15. The van der Waals surface area contributed by atoms with Crippen molar-refractivity contribution in [1.29, 1.82) is 0 Å². The third-order valence-electron chi connectivity index (χ3n) is 4.56. The number of sulfonamides is 1. The van der Waals surface area contributed by atoms with Gasteiger partial charge in [0.05, 0.1) is 4.90 Å². The van der Waals surface area contributed by atoms with Crippen molar-refractivity contribution in [2.45, 2.75) is 50.5 Å². The van der Waals surface area contributed by atoms with E-state index in [1.165, 1.54) is 12.1 Å². The fourth-order valence-electron chi connectivity index (χ4n) is 3.19. The average molecular weight is 418 g/mol. The first-order valence-electron chi connectivity index (χ1n) is 9.20. The molecule has 1 aliphatic heterocycles. The van der Waals surface area contributed by atoms with Gasteiger partial charge in [-0.2, -0.15) is 0 Å². The molecule has 0 unspecified atom stereocenters. The summed E-state index contributed by atoms with van der Waals surface area (Å²) >= 11 is 0. The molecule has 0 spiro atoms. The Morgan fingerprint density at radius 2 is 1.70 bits per heavy atom. The van der Waals surface area contributed by atoms with E-state index in [0.717, 1.165) is 38.9 Å². The lowest BCUT2D eigenvalue weighted by atomic mass is 9.93. The van der Waals surface area contributed by atoms with Crippen LogP contribution >= 0.6 is 12.4 Å². The topological polar surface area (TPSA) is 78.5 Å². The van der Waals surface area contributed by atoms with Crippen LogP contribution in [0, 0.1) is 5.92 Å². The molecular weight excluding hydrogens is 386 g/mol. The third kappa shape index (κ3) is 7.07. The van der Waals surface area contributed by atoms with Gasteiger partial charge in [-0.25, -0.2) is 13.1 Å². The molecule has 1 saturated heterocycles. The summed E-state index contributed by atoms with van der Waals surface area (Å²) in [5, 5.41) is 3.17. The normalized spacial score (nSPS) is 16.1. The number of carbonyl (C=O) groups excluding carboxylic acids is 1. The summed E-state index contributed by atoms with van der Waals surface area (Å²) in [5.41, 5.74) is -0.0151. The van der Waals surface area contributed by atoms with E-state index in [1.54, 1.807) is 32.9 Å². The van der Waals surface area contributed by atoms with Crippen LogP contribution in [0.3, 0.4) is 0 Å². The quantitative estimate of drug-likeness (QED) is 0.745. The standard InChI is InChI=1S/C19H31N3O3S.ClH/c1-19(2,3)21-26(24,25)17-7-5-16(6-8-17)18(23)22-13-10-15(11-14-22)9-12-20-4;/h5-8,15,20-21H,9-14H2,1-4H3;1H.